The van der Waals surface area contributed by atoms with Gasteiger partial charge in [0.2, 0.25) is 0 Å². The number of methoxy groups -OCH3 is 1. The summed E-state index contributed by atoms with van der Waals surface area (Å²) >= 11 is 0. The van der Waals surface area contributed by atoms with E-state index in [4.69, 9.17) is 4.74 Å². The third kappa shape index (κ3) is 3.41. The van der Waals surface area contributed by atoms with E-state index in [1.165, 1.54) is 19.5 Å². The first-order valence-electron chi connectivity index (χ1n) is 5.68. The van der Waals surface area contributed by atoms with Gasteiger partial charge in [-0.05, 0) is 18.6 Å². The Balaban J connectivity index is 1.99. The van der Waals surface area contributed by atoms with Gasteiger partial charge >= 0.3 is 12.0 Å². The molecule has 2 aromatic rings. The zero-order valence-corrected chi connectivity index (χ0v) is 10.7. The Labute approximate surface area is 110 Å². The van der Waals surface area contributed by atoms with Gasteiger partial charge in [0.05, 0.1) is 25.2 Å². The maximum absolute atomic E-state index is 11.8. The summed E-state index contributed by atoms with van der Waals surface area (Å²) in [4.78, 5) is 19.6. The number of nitrogens with one attached hydrogen (secondary N) is 2. The maximum Gasteiger partial charge on any atom is 0.323 e. The lowest BCUT2D eigenvalue weighted by atomic mass is 10.2. The van der Waals surface area contributed by atoms with Crippen molar-refractivity contribution in [2.24, 2.45) is 0 Å². The van der Waals surface area contributed by atoms with Crippen LogP contribution in [0.1, 0.15) is 5.56 Å². The van der Waals surface area contributed by atoms with E-state index in [-0.39, 0.29) is 12.0 Å². The molecule has 0 fully saturated rings. The van der Waals surface area contributed by atoms with Crippen molar-refractivity contribution in [3.8, 4) is 6.01 Å². The second-order valence-electron chi connectivity index (χ2n) is 3.85. The fourth-order valence-electron chi connectivity index (χ4n) is 1.48. The number of hydrogen-bond acceptors (Lipinski definition) is 4. The maximum atomic E-state index is 11.8. The van der Waals surface area contributed by atoms with Crippen molar-refractivity contribution in [1.82, 2.24) is 9.97 Å². The number of carbonyl (C=O) groups excluding carboxylic acids is 1. The highest BCUT2D eigenvalue weighted by atomic mass is 16.5. The van der Waals surface area contributed by atoms with Crippen LogP contribution in [0.5, 0.6) is 6.01 Å². The topological polar surface area (TPSA) is 76.1 Å². The van der Waals surface area contributed by atoms with Crippen molar-refractivity contribution >= 4 is 17.4 Å². The van der Waals surface area contributed by atoms with Crippen molar-refractivity contribution < 1.29 is 9.53 Å². The van der Waals surface area contributed by atoms with Crippen molar-refractivity contribution in [3.05, 3.63) is 42.2 Å². The number of amides is 2. The molecule has 0 unspecified atom stereocenters. The summed E-state index contributed by atoms with van der Waals surface area (Å²) in [6.45, 7) is 1.92. The molecule has 2 N–H and O–H groups in total. The standard InChI is InChI=1S/C13H14N4O2/c1-9-5-3-4-6-11(9)17-12(18)16-10-7-14-13(19-2)15-8-10/h3-8H,1-2H3,(H2,16,17,18). The lowest BCUT2D eigenvalue weighted by Crippen LogP contribution is -2.20. The summed E-state index contributed by atoms with van der Waals surface area (Å²) in [5, 5.41) is 5.39. The Morgan fingerprint density at radius 2 is 1.84 bits per heavy atom. The number of aryl methyl sites for hydroxylation is 1. The van der Waals surface area contributed by atoms with Crippen LogP contribution in [-0.2, 0) is 0 Å². The highest BCUT2D eigenvalue weighted by Crippen LogP contribution is 2.14. The largest absolute Gasteiger partial charge is 0.467 e. The molecule has 1 heterocycles. The normalized spacial score (nSPS) is 9.79. The van der Waals surface area contributed by atoms with Crippen molar-refractivity contribution in [1.29, 1.82) is 0 Å². The molecule has 0 aliphatic carbocycles. The number of para-hydroxylation sites is 1. The Kier molecular flexibility index (Phi) is 3.92. The van der Waals surface area contributed by atoms with Crippen LogP contribution in [0.3, 0.4) is 0 Å². The van der Waals surface area contributed by atoms with Gasteiger partial charge in [-0.15, -0.1) is 0 Å². The average Bonchev–Trinajstić information content (AvgIpc) is 2.42. The Morgan fingerprint density at radius 1 is 1.16 bits per heavy atom. The van der Waals surface area contributed by atoms with Crippen LogP contribution < -0.4 is 15.4 Å². The van der Waals surface area contributed by atoms with Crippen molar-refractivity contribution in [3.63, 3.8) is 0 Å². The van der Waals surface area contributed by atoms with Gasteiger partial charge in [0, 0.05) is 5.69 Å². The molecule has 0 atom stereocenters. The van der Waals surface area contributed by atoms with Crippen LogP contribution in [0.25, 0.3) is 0 Å². The molecule has 0 spiro atoms. The molecule has 0 saturated heterocycles. The van der Waals surface area contributed by atoms with Gasteiger partial charge in [-0.1, -0.05) is 18.2 Å². The highest BCUT2D eigenvalue weighted by molar-refractivity contribution is 5.99. The van der Waals surface area contributed by atoms with Gasteiger partial charge < -0.3 is 15.4 Å². The lowest BCUT2D eigenvalue weighted by molar-refractivity contribution is 0.262. The summed E-state index contributed by atoms with van der Waals surface area (Å²) < 4.78 is 4.83. The van der Waals surface area contributed by atoms with Crippen LogP contribution in [0.15, 0.2) is 36.7 Å². The predicted molar refractivity (Wildman–Crippen MR) is 72.4 cm³/mol. The SMILES string of the molecule is COc1ncc(NC(=O)Nc2ccccc2C)cn1. The Hall–Kier alpha value is -2.63. The number of hydrogen-bond donors (Lipinski definition) is 2. The first-order chi connectivity index (χ1) is 9.19. The second kappa shape index (κ2) is 5.81. The molecule has 1 aromatic heterocycles. The quantitative estimate of drug-likeness (QED) is 0.886. The van der Waals surface area contributed by atoms with E-state index in [9.17, 15) is 4.79 Å². The van der Waals surface area contributed by atoms with Crippen LogP contribution in [0.2, 0.25) is 0 Å². The molecule has 0 aliphatic rings. The van der Waals surface area contributed by atoms with Crippen molar-refractivity contribution in [2.75, 3.05) is 17.7 Å². The Bertz CT molecular complexity index is 569. The summed E-state index contributed by atoms with van der Waals surface area (Å²) in [6, 6.07) is 7.44. The molecule has 19 heavy (non-hydrogen) atoms. The zero-order chi connectivity index (χ0) is 13.7. The fourth-order valence-corrected chi connectivity index (χ4v) is 1.48. The van der Waals surface area contributed by atoms with Crippen molar-refractivity contribution in [2.45, 2.75) is 6.92 Å². The zero-order valence-electron chi connectivity index (χ0n) is 10.7. The number of anilines is 2. The molecule has 6 nitrogen and oxygen atoms in total. The minimum atomic E-state index is -0.344. The van der Waals surface area contributed by atoms with Crippen LogP contribution in [-0.4, -0.2) is 23.1 Å². The van der Waals surface area contributed by atoms with Crippen LogP contribution in [0, 0.1) is 6.92 Å². The van der Waals surface area contributed by atoms with E-state index in [0.717, 1.165) is 11.3 Å². The van der Waals surface area contributed by atoms with Gasteiger partial charge in [0.1, 0.15) is 0 Å². The number of aromatic nitrogens is 2. The van der Waals surface area contributed by atoms with Crippen LogP contribution >= 0.6 is 0 Å². The fraction of sp³-hybridized carbons (Fsp3) is 0.154. The Morgan fingerprint density at radius 3 is 2.47 bits per heavy atom. The van der Waals surface area contributed by atoms with E-state index < -0.39 is 0 Å². The van der Waals surface area contributed by atoms with E-state index >= 15 is 0 Å². The molecule has 0 radical (unpaired) electrons. The van der Waals surface area contributed by atoms with E-state index in [2.05, 4.69) is 20.6 Å². The lowest BCUT2D eigenvalue weighted by Gasteiger charge is -2.09. The molecule has 0 aliphatic heterocycles. The second-order valence-corrected chi connectivity index (χ2v) is 3.85. The van der Waals surface area contributed by atoms with Gasteiger partial charge in [0.15, 0.2) is 0 Å². The monoisotopic (exact) mass is 258 g/mol. The molecule has 6 heteroatoms. The number of urea groups is 1. The third-order valence-corrected chi connectivity index (χ3v) is 2.46. The molecular weight excluding hydrogens is 244 g/mol. The molecule has 0 saturated carbocycles. The van der Waals surface area contributed by atoms with E-state index in [1.807, 2.05) is 31.2 Å². The summed E-state index contributed by atoms with van der Waals surface area (Å²) in [5.74, 6) is 0. The van der Waals surface area contributed by atoms with Gasteiger partial charge in [-0.2, -0.15) is 0 Å². The minimum Gasteiger partial charge on any atom is -0.467 e. The highest BCUT2D eigenvalue weighted by Gasteiger charge is 2.05. The smallest absolute Gasteiger partial charge is 0.323 e. The number of benzene rings is 1. The summed E-state index contributed by atoms with van der Waals surface area (Å²) in [5.41, 5.74) is 2.24. The van der Waals surface area contributed by atoms with E-state index in [0.29, 0.717) is 5.69 Å². The number of rotatable bonds is 3. The van der Waals surface area contributed by atoms with E-state index in [1.54, 1.807) is 0 Å². The predicted octanol–water partition coefficient (Wildman–Crippen LogP) is 2.44. The molecular formula is C13H14N4O2. The number of nitrogens with zero attached hydrogens (tertiary/aromatic N) is 2. The molecule has 98 valence electrons. The summed E-state index contributed by atoms with van der Waals surface area (Å²) in [7, 11) is 1.48. The van der Waals surface area contributed by atoms with Gasteiger partial charge in [-0.25, -0.2) is 14.8 Å². The molecule has 0 bridgehead atoms. The van der Waals surface area contributed by atoms with Gasteiger partial charge in [-0.3, -0.25) is 0 Å². The first kappa shape index (κ1) is 12.8. The van der Waals surface area contributed by atoms with Crippen LogP contribution in [0.4, 0.5) is 16.2 Å². The third-order valence-electron chi connectivity index (χ3n) is 2.46. The molecule has 2 rings (SSSR count). The molecule has 1 aromatic carbocycles. The minimum absolute atomic E-state index is 0.255. The summed E-state index contributed by atoms with van der Waals surface area (Å²) in [6.07, 6.45) is 2.95. The number of ether oxygens (including phenoxy) is 1. The van der Waals surface area contributed by atoms with Gasteiger partial charge in [0.25, 0.3) is 0 Å². The average molecular weight is 258 g/mol. The first-order valence-corrected chi connectivity index (χ1v) is 5.68. The number of carbonyl (C=O) groups is 1. The molecule has 2 amide bonds.